The first-order chi connectivity index (χ1) is 16.4. The molecular weight excluding hydrogens is 482 g/mol. The molecule has 7 nitrogen and oxygen atoms in total. The number of alkyl halides is 3. The maximum atomic E-state index is 13.1. The Morgan fingerprint density at radius 1 is 1.06 bits per heavy atom. The molecule has 1 heterocycles. The second-order valence-corrected chi connectivity index (χ2v) is 7.94. The molecule has 0 saturated heterocycles. The minimum absolute atomic E-state index is 0.129. The van der Waals surface area contributed by atoms with E-state index in [1.807, 2.05) is 12.1 Å². The predicted octanol–water partition coefficient (Wildman–Crippen LogP) is 5.69. The Morgan fingerprint density at radius 3 is 2.27 bits per heavy atom. The third-order valence-electron chi connectivity index (χ3n) is 4.74. The van der Waals surface area contributed by atoms with Gasteiger partial charge in [-0.3, -0.25) is 4.79 Å². The van der Waals surface area contributed by atoms with Gasteiger partial charge in [-0.15, -0.1) is 0 Å². The topological polar surface area (TPSA) is 89.0 Å². The molecule has 0 atom stereocenters. The number of anilines is 3. The van der Waals surface area contributed by atoms with Gasteiger partial charge in [-0.2, -0.15) is 28.1 Å². The molecule has 0 spiro atoms. The maximum Gasteiger partial charge on any atom is 0.422 e. The number of carbonyl (C=O) groups is 1. The first-order valence-electron chi connectivity index (χ1n) is 10.5. The summed E-state index contributed by atoms with van der Waals surface area (Å²) in [5, 5.41) is 5.74. The Kier molecular flexibility index (Phi) is 5.61. The molecule has 0 aliphatic heterocycles. The van der Waals surface area contributed by atoms with Crippen molar-refractivity contribution in [3.8, 4) is 6.01 Å². The van der Waals surface area contributed by atoms with Crippen molar-refractivity contribution in [2.24, 2.45) is 0 Å². The zero-order valence-corrected chi connectivity index (χ0v) is 18.1. The fraction of sp³-hybridized carbons (Fsp3) is 0.238. The van der Waals surface area contributed by atoms with E-state index in [1.54, 1.807) is 12.1 Å². The van der Waals surface area contributed by atoms with Crippen LogP contribution in [0.3, 0.4) is 0 Å². The van der Waals surface area contributed by atoms with Crippen LogP contribution in [0.4, 0.5) is 30.8 Å². The Labute approximate surface area is 199 Å². The van der Waals surface area contributed by atoms with Crippen LogP contribution in [-0.2, 0) is 5.54 Å². The second-order valence-electron chi connectivity index (χ2n) is 7.16. The number of nitrogens with one attached hydrogen (secondary N) is 2. The van der Waals surface area contributed by atoms with E-state index in [4.69, 9.17) is 25.9 Å². The third kappa shape index (κ3) is 6.02. The Morgan fingerprint density at radius 2 is 1.70 bits per heavy atom. The molecule has 12 heteroatoms. The summed E-state index contributed by atoms with van der Waals surface area (Å²) in [5.41, 5.74) is 0.904. The molecule has 33 heavy (non-hydrogen) atoms. The first kappa shape index (κ1) is 20.5. The lowest BCUT2D eigenvalue weighted by atomic mass is 10.1. The molecule has 2 N–H and O–H groups in total. The van der Waals surface area contributed by atoms with E-state index in [2.05, 4.69) is 30.3 Å². The summed E-state index contributed by atoms with van der Waals surface area (Å²) in [6.45, 7) is -4.04. The number of carbonyl (C=O) groups excluding carboxylic acids is 1. The molecule has 1 aliphatic carbocycles. The highest BCUT2D eigenvalue weighted by molar-refractivity contribution is 6.67. The largest absolute Gasteiger partial charge is 0.454 e. The van der Waals surface area contributed by atoms with Crippen LogP contribution in [-0.4, -0.2) is 32.9 Å². The van der Waals surface area contributed by atoms with Crippen LogP contribution in [0.2, 0.25) is 5.02 Å². The predicted molar refractivity (Wildman–Crippen MR) is 117 cm³/mol. The number of aromatic nitrogens is 3. The summed E-state index contributed by atoms with van der Waals surface area (Å²) in [4.78, 5) is 23.1. The molecule has 0 radical (unpaired) electrons. The highest BCUT2D eigenvalue weighted by Gasteiger charge is 2.45. The normalized spacial score (nSPS) is 15.8. The van der Waals surface area contributed by atoms with Crippen molar-refractivity contribution >= 4 is 46.0 Å². The zero-order valence-electron chi connectivity index (χ0n) is 18.6. The summed E-state index contributed by atoms with van der Waals surface area (Å²) >= 11 is 11.4. The zero-order chi connectivity index (χ0) is 25.4. The quantitative estimate of drug-likeness (QED) is 0.384. The Hall–Kier alpha value is -3.11. The smallest absolute Gasteiger partial charge is 0.422 e. The van der Waals surface area contributed by atoms with Crippen molar-refractivity contribution in [3.05, 3.63) is 64.7 Å². The van der Waals surface area contributed by atoms with Gasteiger partial charge in [0.15, 0.2) is 6.56 Å². The van der Waals surface area contributed by atoms with E-state index in [0.717, 1.165) is 5.56 Å². The van der Waals surface area contributed by atoms with Gasteiger partial charge in [0.25, 0.3) is 5.24 Å². The Bertz CT molecular complexity index is 1240. The number of ether oxygens (including phenoxy) is 1. The molecule has 1 aliphatic rings. The highest BCUT2D eigenvalue weighted by Crippen LogP contribution is 2.48. The van der Waals surface area contributed by atoms with Gasteiger partial charge in [0.05, 0.1) is 8.28 Å². The molecule has 3 aromatic rings. The van der Waals surface area contributed by atoms with Crippen molar-refractivity contribution in [1.82, 2.24) is 15.0 Å². The van der Waals surface area contributed by atoms with Crippen LogP contribution < -0.4 is 15.4 Å². The third-order valence-corrected chi connectivity index (χ3v) is 5.21. The average Bonchev–Trinajstić information content (AvgIpc) is 3.53. The monoisotopic (exact) mass is 499 g/mol. The second kappa shape index (κ2) is 9.03. The fourth-order valence-corrected chi connectivity index (χ4v) is 3.28. The summed E-state index contributed by atoms with van der Waals surface area (Å²) in [5.74, 6) is -0.345. The van der Waals surface area contributed by atoms with E-state index >= 15 is 0 Å². The van der Waals surface area contributed by atoms with E-state index in [9.17, 15) is 18.0 Å². The van der Waals surface area contributed by atoms with Crippen LogP contribution in [0.5, 0.6) is 6.01 Å². The molecule has 172 valence electrons. The van der Waals surface area contributed by atoms with E-state index in [0.29, 0.717) is 23.6 Å². The first-order valence-corrected chi connectivity index (χ1v) is 10.3. The highest BCUT2D eigenvalue weighted by atomic mass is 35.5. The lowest BCUT2D eigenvalue weighted by molar-refractivity contribution is -0.154. The molecule has 0 amide bonds. The molecule has 2 aromatic carbocycles. The van der Waals surface area contributed by atoms with Gasteiger partial charge in [-0.25, -0.2) is 0 Å². The van der Waals surface area contributed by atoms with Crippen LogP contribution >= 0.6 is 23.2 Å². The van der Waals surface area contributed by atoms with Crippen LogP contribution in [0, 0.1) is 0 Å². The molecule has 1 aromatic heterocycles. The lowest BCUT2D eigenvalue weighted by Gasteiger charge is -2.19. The van der Waals surface area contributed by atoms with E-state index < -0.39 is 29.5 Å². The van der Waals surface area contributed by atoms with Crippen LogP contribution in [0.15, 0.2) is 48.5 Å². The van der Waals surface area contributed by atoms with Gasteiger partial charge in [-0.1, -0.05) is 23.7 Å². The molecular formula is C21H16Cl2F3N5O2. The van der Waals surface area contributed by atoms with Gasteiger partial charge in [0.1, 0.15) is 0 Å². The van der Waals surface area contributed by atoms with Crippen molar-refractivity contribution in [3.63, 3.8) is 0 Å². The molecule has 0 bridgehead atoms. The molecule has 4 rings (SSSR count). The van der Waals surface area contributed by atoms with Gasteiger partial charge >= 0.3 is 12.2 Å². The summed E-state index contributed by atoms with van der Waals surface area (Å²) in [6.07, 6.45) is -3.95. The minimum Gasteiger partial charge on any atom is -0.454 e. The number of hydrogen-bond donors (Lipinski definition) is 2. The van der Waals surface area contributed by atoms with Gasteiger partial charge in [0, 0.05) is 16.3 Å². The van der Waals surface area contributed by atoms with Crippen molar-refractivity contribution < 1.29 is 25.4 Å². The van der Waals surface area contributed by atoms with Gasteiger partial charge in [-0.05, 0) is 66.4 Å². The van der Waals surface area contributed by atoms with E-state index in [1.165, 1.54) is 24.3 Å². The molecule has 1 saturated carbocycles. The summed E-state index contributed by atoms with van der Waals surface area (Å²) in [6, 6.07) is 12.0. The number of benzene rings is 2. The number of hydrogen-bond acceptors (Lipinski definition) is 7. The molecule has 0 unspecified atom stereocenters. The number of halogens is 5. The van der Waals surface area contributed by atoms with Crippen LogP contribution in [0.1, 0.15) is 31.5 Å². The fourth-order valence-electron chi connectivity index (χ4n) is 3.02. The summed E-state index contributed by atoms with van der Waals surface area (Å²) < 4.78 is 58.1. The number of rotatable bonds is 8. The van der Waals surface area contributed by atoms with Gasteiger partial charge < -0.3 is 15.4 Å². The van der Waals surface area contributed by atoms with Crippen molar-refractivity contribution in [1.29, 1.82) is 0 Å². The maximum absolute atomic E-state index is 13.1. The Balaban J connectivity index is 1.66. The van der Waals surface area contributed by atoms with Gasteiger partial charge in [0.2, 0.25) is 11.9 Å². The number of nitrogens with zero attached hydrogens (tertiary/aromatic N) is 3. The van der Waals surface area contributed by atoms with E-state index in [-0.39, 0.29) is 17.5 Å². The standard InChI is InChI=1S/C21H16Cl2F3N5O2/c22-14-5-3-13(4-6-14)20(9-10-20)31-18-28-17(29-19(30-18)33-11-21(24,25)26)27-15-7-1-12(2-8-15)16(23)32/h1-8H,9-11H2,(H2,27,28,29,30,31)/i11D2. The van der Waals surface area contributed by atoms with Crippen molar-refractivity contribution in [2.45, 2.75) is 24.6 Å². The minimum atomic E-state index is -5.33. The molecule has 1 fully saturated rings. The van der Waals surface area contributed by atoms with Crippen molar-refractivity contribution in [2.75, 3.05) is 17.2 Å². The average molecular weight is 500 g/mol. The summed E-state index contributed by atoms with van der Waals surface area (Å²) in [7, 11) is 0. The lowest BCUT2D eigenvalue weighted by Crippen LogP contribution is -2.23. The SMILES string of the molecule is [2H]C([2H])(Oc1nc(Nc2ccc(C(=O)Cl)cc2)nc(NC2(c3ccc(Cl)cc3)CC2)n1)C(F)(F)F. The van der Waals surface area contributed by atoms with Crippen LogP contribution in [0.25, 0.3) is 0 Å².